The smallest absolute Gasteiger partial charge is 0.234 e. The van der Waals surface area contributed by atoms with E-state index in [1.165, 1.54) is 24.6 Å². The van der Waals surface area contributed by atoms with Crippen LogP contribution in [0.1, 0.15) is 19.8 Å². The third-order valence-corrected chi connectivity index (χ3v) is 5.49. The number of halogens is 1. The Bertz CT molecular complexity index is 516. The zero-order valence-electron chi connectivity index (χ0n) is 12.0. The number of nitrogens with zero attached hydrogens (tertiary/aromatic N) is 1. The number of rotatable bonds is 3. The van der Waals surface area contributed by atoms with Crippen molar-refractivity contribution in [2.24, 2.45) is 5.92 Å². The lowest BCUT2D eigenvalue weighted by Crippen LogP contribution is -2.36. The quantitative estimate of drug-likeness (QED) is 0.791. The maximum absolute atomic E-state index is 11.9. The number of piperidine rings is 1. The number of carbonyl (C=O) groups is 1. The summed E-state index contributed by atoms with van der Waals surface area (Å²) in [5.41, 5.74) is 0.799. The van der Waals surface area contributed by atoms with Crippen LogP contribution in [0.2, 0.25) is 0 Å². The van der Waals surface area contributed by atoms with E-state index >= 15 is 0 Å². The third kappa shape index (κ3) is 5.60. The Kier molecular flexibility index (Phi) is 6.51. The van der Waals surface area contributed by atoms with E-state index in [2.05, 4.69) is 33.1 Å². The van der Waals surface area contributed by atoms with E-state index in [0.29, 0.717) is 5.75 Å². The molecule has 0 aromatic heterocycles. The minimum absolute atomic E-state index is 0.0224. The molecule has 1 heterocycles. The van der Waals surface area contributed by atoms with Crippen molar-refractivity contribution < 1.29 is 4.79 Å². The highest BCUT2D eigenvalue weighted by Gasteiger charge is 2.18. The fourth-order valence-electron chi connectivity index (χ4n) is 2.17. The predicted octanol–water partition coefficient (Wildman–Crippen LogP) is 4.14. The Morgan fingerprint density at radius 2 is 2.19 bits per heavy atom. The largest absolute Gasteiger partial charge is 0.357 e. The van der Waals surface area contributed by atoms with Gasteiger partial charge in [-0.25, -0.2) is 0 Å². The second kappa shape index (κ2) is 8.15. The number of thioether (sulfide) groups is 1. The fraction of sp³-hybridized carbons (Fsp3) is 0.467. The summed E-state index contributed by atoms with van der Waals surface area (Å²) in [6.07, 6.45) is 2.37. The van der Waals surface area contributed by atoms with Crippen molar-refractivity contribution in [2.75, 3.05) is 24.2 Å². The van der Waals surface area contributed by atoms with Crippen molar-refractivity contribution >= 4 is 55.8 Å². The number of amides is 1. The molecule has 21 heavy (non-hydrogen) atoms. The summed E-state index contributed by atoms with van der Waals surface area (Å²) in [5.74, 6) is 1.12. The Labute approximate surface area is 144 Å². The van der Waals surface area contributed by atoms with E-state index in [-0.39, 0.29) is 5.91 Å². The van der Waals surface area contributed by atoms with Gasteiger partial charge < -0.3 is 10.2 Å². The van der Waals surface area contributed by atoms with Crippen molar-refractivity contribution in [3.05, 3.63) is 28.7 Å². The first-order valence-corrected chi connectivity index (χ1v) is 9.20. The monoisotopic (exact) mass is 386 g/mol. The molecule has 0 atom stereocenters. The van der Waals surface area contributed by atoms with Gasteiger partial charge in [-0.1, -0.05) is 52.9 Å². The van der Waals surface area contributed by atoms with Gasteiger partial charge in [0.2, 0.25) is 5.91 Å². The number of benzene rings is 1. The van der Waals surface area contributed by atoms with Crippen LogP contribution in [0.3, 0.4) is 0 Å². The zero-order valence-corrected chi connectivity index (χ0v) is 15.2. The van der Waals surface area contributed by atoms with Crippen LogP contribution in [0.15, 0.2) is 28.7 Å². The summed E-state index contributed by atoms with van der Waals surface area (Å²) in [4.78, 5) is 14.2. The lowest BCUT2D eigenvalue weighted by atomic mass is 10.00. The average Bonchev–Trinajstić information content (AvgIpc) is 2.45. The Balaban J connectivity index is 1.75. The Hall–Kier alpha value is -0.590. The summed E-state index contributed by atoms with van der Waals surface area (Å²) in [6.45, 7) is 4.31. The van der Waals surface area contributed by atoms with Crippen LogP contribution in [-0.4, -0.2) is 34.0 Å². The Morgan fingerprint density at radius 1 is 1.48 bits per heavy atom. The van der Waals surface area contributed by atoms with Crippen molar-refractivity contribution in [3.63, 3.8) is 0 Å². The van der Waals surface area contributed by atoms with E-state index in [4.69, 9.17) is 12.2 Å². The van der Waals surface area contributed by atoms with Gasteiger partial charge >= 0.3 is 0 Å². The minimum Gasteiger partial charge on any atom is -0.357 e. The van der Waals surface area contributed by atoms with Gasteiger partial charge in [0.15, 0.2) is 0 Å². The summed E-state index contributed by atoms with van der Waals surface area (Å²) in [6, 6.07) is 7.58. The van der Waals surface area contributed by atoms with Gasteiger partial charge in [-0.15, -0.1) is 0 Å². The van der Waals surface area contributed by atoms with E-state index in [1.54, 1.807) is 0 Å². The fourth-order valence-corrected chi connectivity index (χ4v) is 3.62. The standard InChI is InChI=1S/C15H19BrN2OS2/c1-11-5-7-18(8-6-11)15(20)21-10-14(19)17-13-4-2-3-12(16)9-13/h2-4,9,11H,5-8,10H2,1H3,(H,17,19). The van der Waals surface area contributed by atoms with Gasteiger partial charge in [0, 0.05) is 23.2 Å². The molecule has 0 unspecified atom stereocenters. The second-order valence-corrected chi connectivity index (χ2v) is 7.81. The van der Waals surface area contributed by atoms with Crippen LogP contribution < -0.4 is 5.32 Å². The van der Waals surface area contributed by atoms with Gasteiger partial charge in [-0.2, -0.15) is 0 Å². The van der Waals surface area contributed by atoms with Gasteiger partial charge in [0.25, 0.3) is 0 Å². The van der Waals surface area contributed by atoms with E-state index in [1.807, 2.05) is 24.3 Å². The van der Waals surface area contributed by atoms with Crippen molar-refractivity contribution in [1.29, 1.82) is 0 Å². The number of thiocarbonyl (C=S) groups is 1. The summed E-state index contributed by atoms with van der Waals surface area (Å²) in [7, 11) is 0. The normalized spacial score (nSPS) is 15.8. The summed E-state index contributed by atoms with van der Waals surface area (Å²) >= 11 is 10.3. The maximum atomic E-state index is 11.9. The number of hydrogen-bond donors (Lipinski definition) is 1. The van der Waals surface area contributed by atoms with Crippen LogP contribution in [0.5, 0.6) is 0 Å². The molecule has 0 bridgehead atoms. The highest BCUT2D eigenvalue weighted by molar-refractivity contribution is 9.10. The van der Waals surface area contributed by atoms with E-state index < -0.39 is 0 Å². The number of nitrogens with one attached hydrogen (secondary N) is 1. The molecular formula is C15H19BrN2OS2. The average molecular weight is 387 g/mol. The number of carbonyl (C=O) groups excluding carboxylic acids is 1. The molecule has 1 aliphatic heterocycles. The molecule has 0 saturated carbocycles. The van der Waals surface area contributed by atoms with Gasteiger partial charge in [-0.05, 0) is 37.0 Å². The molecule has 1 N–H and O–H groups in total. The lowest BCUT2D eigenvalue weighted by Gasteiger charge is -2.31. The SMILES string of the molecule is CC1CCN(C(=S)SCC(=O)Nc2cccc(Br)c2)CC1. The topological polar surface area (TPSA) is 32.3 Å². The molecular weight excluding hydrogens is 368 g/mol. The summed E-state index contributed by atoms with van der Waals surface area (Å²) in [5, 5.41) is 2.88. The molecule has 0 spiro atoms. The van der Waals surface area contributed by atoms with Crippen LogP contribution in [0.25, 0.3) is 0 Å². The minimum atomic E-state index is -0.0224. The van der Waals surface area contributed by atoms with E-state index in [0.717, 1.165) is 33.5 Å². The highest BCUT2D eigenvalue weighted by Crippen LogP contribution is 2.21. The summed E-state index contributed by atoms with van der Waals surface area (Å²) < 4.78 is 1.79. The van der Waals surface area contributed by atoms with E-state index in [9.17, 15) is 4.79 Å². The van der Waals surface area contributed by atoms with Gasteiger partial charge in [0.1, 0.15) is 4.32 Å². The highest BCUT2D eigenvalue weighted by atomic mass is 79.9. The second-order valence-electron chi connectivity index (χ2n) is 5.28. The molecule has 2 rings (SSSR count). The number of likely N-dealkylation sites (tertiary alicyclic amines) is 1. The number of hydrogen-bond acceptors (Lipinski definition) is 3. The first kappa shape index (κ1) is 16.8. The molecule has 3 nitrogen and oxygen atoms in total. The molecule has 0 aliphatic carbocycles. The molecule has 1 amide bonds. The molecule has 1 saturated heterocycles. The third-order valence-electron chi connectivity index (χ3n) is 3.48. The van der Waals surface area contributed by atoms with Crippen LogP contribution in [0.4, 0.5) is 5.69 Å². The number of anilines is 1. The van der Waals surface area contributed by atoms with Crippen molar-refractivity contribution in [3.8, 4) is 0 Å². The van der Waals surface area contributed by atoms with Crippen LogP contribution >= 0.6 is 39.9 Å². The molecule has 1 fully saturated rings. The van der Waals surface area contributed by atoms with Gasteiger partial charge in [-0.3, -0.25) is 4.79 Å². The predicted molar refractivity (Wildman–Crippen MR) is 97.8 cm³/mol. The van der Waals surface area contributed by atoms with Crippen molar-refractivity contribution in [2.45, 2.75) is 19.8 Å². The molecule has 1 aromatic carbocycles. The first-order valence-electron chi connectivity index (χ1n) is 7.01. The molecule has 1 aliphatic rings. The Morgan fingerprint density at radius 3 is 2.86 bits per heavy atom. The maximum Gasteiger partial charge on any atom is 0.234 e. The lowest BCUT2D eigenvalue weighted by molar-refractivity contribution is -0.113. The molecule has 1 aromatic rings. The zero-order chi connectivity index (χ0) is 15.2. The van der Waals surface area contributed by atoms with Gasteiger partial charge in [0.05, 0.1) is 5.75 Å². The van der Waals surface area contributed by atoms with Crippen LogP contribution in [-0.2, 0) is 4.79 Å². The molecule has 114 valence electrons. The molecule has 6 heteroatoms. The van der Waals surface area contributed by atoms with Crippen LogP contribution in [0, 0.1) is 5.92 Å². The molecule has 0 radical (unpaired) electrons. The first-order chi connectivity index (χ1) is 10.0. The van der Waals surface area contributed by atoms with Crippen molar-refractivity contribution in [1.82, 2.24) is 4.90 Å².